The fraction of sp³-hybridized carbons (Fsp3) is 0.278. The Kier molecular flexibility index (Phi) is 4.57. The fourth-order valence-electron chi connectivity index (χ4n) is 3.03. The normalized spacial score (nSPS) is 17.0. The first kappa shape index (κ1) is 15.5. The number of para-hydroxylation sites is 1. The van der Waals surface area contributed by atoms with E-state index >= 15 is 0 Å². The van der Waals surface area contributed by atoms with Gasteiger partial charge in [-0.2, -0.15) is 0 Å². The number of carbonyl (C=O) groups is 1. The van der Waals surface area contributed by atoms with Gasteiger partial charge in [-0.3, -0.25) is 9.69 Å². The first-order chi connectivity index (χ1) is 11.1. The van der Waals surface area contributed by atoms with Gasteiger partial charge in [0.25, 0.3) is 0 Å². The standard InChI is InChI=1S/C18H19FN2O2/c19-15-8-6-14(7-9-15)17(18(22)23)21-12-10-20(11-13-21)16-4-2-1-3-5-16/h1-9,17H,10-13H2,(H,22,23)/t17-/m1/s1. The Balaban J connectivity index is 1.71. The number of halogens is 1. The molecule has 0 amide bonds. The van der Waals surface area contributed by atoms with Crippen molar-refractivity contribution in [2.75, 3.05) is 31.1 Å². The van der Waals surface area contributed by atoms with Crippen molar-refractivity contribution in [2.45, 2.75) is 6.04 Å². The van der Waals surface area contributed by atoms with Crippen LogP contribution in [0, 0.1) is 5.82 Å². The van der Waals surface area contributed by atoms with E-state index < -0.39 is 12.0 Å². The Hall–Kier alpha value is -2.40. The minimum absolute atomic E-state index is 0.355. The molecule has 1 atom stereocenters. The van der Waals surface area contributed by atoms with E-state index in [1.165, 1.54) is 12.1 Å². The van der Waals surface area contributed by atoms with Crippen LogP contribution in [-0.2, 0) is 4.79 Å². The first-order valence-corrected chi connectivity index (χ1v) is 7.67. The van der Waals surface area contributed by atoms with Crippen LogP contribution in [-0.4, -0.2) is 42.2 Å². The maximum absolute atomic E-state index is 13.1. The molecular weight excluding hydrogens is 295 g/mol. The van der Waals surface area contributed by atoms with Gasteiger partial charge in [0.15, 0.2) is 0 Å². The first-order valence-electron chi connectivity index (χ1n) is 7.67. The van der Waals surface area contributed by atoms with Gasteiger partial charge in [0.05, 0.1) is 0 Å². The predicted molar refractivity (Wildman–Crippen MR) is 87.0 cm³/mol. The van der Waals surface area contributed by atoms with Crippen LogP contribution in [0.1, 0.15) is 11.6 Å². The van der Waals surface area contributed by atoms with Crippen LogP contribution in [0.3, 0.4) is 0 Å². The van der Waals surface area contributed by atoms with Crippen molar-refractivity contribution in [3.05, 3.63) is 66.0 Å². The predicted octanol–water partition coefficient (Wildman–Crippen LogP) is 2.77. The van der Waals surface area contributed by atoms with Crippen LogP contribution in [0.4, 0.5) is 10.1 Å². The van der Waals surface area contributed by atoms with Crippen LogP contribution in [0.15, 0.2) is 54.6 Å². The van der Waals surface area contributed by atoms with Gasteiger partial charge >= 0.3 is 5.97 Å². The van der Waals surface area contributed by atoms with Crippen molar-refractivity contribution in [1.82, 2.24) is 4.90 Å². The summed E-state index contributed by atoms with van der Waals surface area (Å²) in [6.45, 7) is 2.86. The largest absolute Gasteiger partial charge is 0.480 e. The number of piperazine rings is 1. The zero-order valence-electron chi connectivity index (χ0n) is 12.7. The van der Waals surface area contributed by atoms with Crippen LogP contribution in [0.25, 0.3) is 0 Å². The highest BCUT2D eigenvalue weighted by Crippen LogP contribution is 2.24. The number of rotatable bonds is 4. The van der Waals surface area contributed by atoms with Gasteiger partial charge in [0.1, 0.15) is 11.9 Å². The lowest BCUT2D eigenvalue weighted by Crippen LogP contribution is -2.49. The fourth-order valence-corrected chi connectivity index (χ4v) is 3.03. The van der Waals surface area contributed by atoms with Gasteiger partial charge < -0.3 is 10.0 Å². The molecular formula is C18H19FN2O2. The summed E-state index contributed by atoms with van der Waals surface area (Å²) in [5, 5.41) is 9.58. The number of hydrogen-bond donors (Lipinski definition) is 1. The van der Waals surface area contributed by atoms with Crippen molar-refractivity contribution in [2.24, 2.45) is 0 Å². The van der Waals surface area contributed by atoms with E-state index in [4.69, 9.17) is 0 Å². The second kappa shape index (κ2) is 6.79. The molecule has 1 heterocycles. The van der Waals surface area contributed by atoms with Gasteiger partial charge in [-0.25, -0.2) is 4.39 Å². The van der Waals surface area contributed by atoms with Crippen LogP contribution >= 0.6 is 0 Å². The quantitative estimate of drug-likeness (QED) is 0.942. The van der Waals surface area contributed by atoms with E-state index in [0.29, 0.717) is 18.7 Å². The summed E-state index contributed by atoms with van der Waals surface area (Å²) in [5.74, 6) is -1.25. The molecule has 0 aliphatic carbocycles. The van der Waals surface area contributed by atoms with Crippen LogP contribution in [0.5, 0.6) is 0 Å². The molecule has 5 heteroatoms. The second-order valence-electron chi connectivity index (χ2n) is 5.65. The van der Waals surface area contributed by atoms with E-state index in [9.17, 15) is 14.3 Å². The molecule has 2 aromatic rings. The third kappa shape index (κ3) is 3.51. The van der Waals surface area contributed by atoms with Gasteiger partial charge in [-0.1, -0.05) is 30.3 Å². The summed E-state index contributed by atoms with van der Waals surface area (Å²) >= 11 is 0. The minimum atomic E-state index is -0.898. The highest BCUT2D eigenvalue weighted by Gasteiger charge is 2.30. The molecule has 120 valence electrons. The lowest BCUT2D eigenvalue weighted by Gasteiger charge is -2.38. The number of nitrogens with zero attached hydrogens (tertiary/aromatic N) is 2. The molecule has 0 aromatic heterocycles. The Morgan fingerprint density at radius 1 is 0.957 bits per heavy atom. The van der Waals surface area contributed by atoms with E-state index in [2.05, 4.69) is 17.0 Å². The number of carboxylic acids is 1. The van der Waals surface area contributed by atoms with Crippen molar-refractivity contribution in [3.8, 4) is 0 Å². The number of hydrogen-bond acceptors (Lipinski definition) is 3. The molecule has 0 saturated carbocycles. The van der Waals surface area contributed by atoms with E-state index in [0.717, 1.165) is 18.8 Å². The molecule has 4 nitrogen and oxygen atoms in total. The van der Waals surface area contributed by atoms with Gasteiger partial charge in [-0.15, -0.1) is 0 Å². The lowest BCUT2D eigenvalue weighted by atomic mass is 10.0. The highest BCUT2D eigenvalue weighted by molar-refractivity contribution is 5.75. The average molecular weight is 314 g/mol. The molecule has 0 unspecified atom stereocenters. The topological polar surface area (TPSA) is 43.8 Å². The van der Waals surface area contributed by atoms with Gasteiger partial charge in [0, 0.05) is 31.9 Å². The highest BCUT2D eigenvalue weighted by atomic mass is 19.1. The van der Waals surface area contributed by atoms with Crippen molar-refractivity contribution in [1.29, 1.82) is 0 Å². The number of carboxylic acid groups (broad SMARTS) is 1. The Morgan fingerprint density at radius 3 is 2.13 bits per heavy atom. The summed E-state index contributed by atoms with van der Waals surface area (Å²) in [6.07, 6.45) is 0. The lowest BCUT2D eigenvalue weighted by molar-refractivity contribution is -0.143. The van der Waals surface area contributed by atoms with Crippen LogP contribution in [0.2, 0.25) is 0 Å². The second-order valence-corrected chi connectivity index (χ2v) is 5.65. The molecule has 1 aliphatic rings. The Bertz CT molecular complexity index is 652. The summed E-state index contributed by atoms with van der Waals surface area (Å²) in [6, 6.07) is 15.1. The Labute approximate surface area is 134 Å². The smallest absolute Gasteiger partial charge is 0.325 e. The number of anilines is 1. The molecule has 0 spiro atoms. The zero-order valence-corrected chi connectivity index (χ0v) is 12.7. The maximum atomic E-state index is 13.1. The molecule has 0 bridgehead atoms. The Morgan fingerprint density at radius 2 is 1.57 bits per heavy atom. The van der Waals surface area contributed by atoms with Gasteiger partial charge in [-0.05, 0) is 29.8 Å². The molecule has 1 N–H and O–H groups in total. The third-order valence-corrected chi connectivity index (χ3v) is 4.22. The SMILES string of the molecule is O=C(O)[C@@H](c1ccc(F)cc1)N1CCN(c2ccccc2)CC1. The summed E-state index contributed by atoms with van der Waals surface area (Å²) in [5.41, 5.74) is 1.77. The summed E-state index contributed by atoms with van der Waals surface area (Å²) in [4.78, 5) is 15.9. The molecule has 2 aromatic carbocycles. The third-order valence-electron chi connectivity index (χ3n) is 4.22. The van der Waals surface area contributed by atoms with Crippen molar-refractivity contribution < 1.29 is 14.3 Å². The molecule has 23 heavy (non-hydrogen) atoms. The molecule has 1 saturated heterocycles. The average Bonchev–Trinajstić information content (AvgIpc) is 2.58. The number of aliphatic carboxylic acids is 1. The maximum Gasteiger partial charge on any atom is 0.325 e. The number of benzene rings is 2. The molecule has 1 aliphatic heterocycles. The van der Waals surface area contributed by atoms with E-state index in [1.54, 1.807) is 12.1 Å². The molecule has 3 rings (SSSR count). The summed E-state index contributed by atoms with van der Waals surface area (Å²) < 4.78 is 13.1. The van der Waals surface area contributed by atoms with Crippen molar-refractivity contribution >= 4 is 11.7 Å². The molecule has 1 fully saturated rings. The van der Waals surface area contributed by atoms with E-state index in [1.807, 2.05) is 23.1 Å². The molecule has 0 radical (unpaired) electrons. The zero-order chi connectivity index (χ0) is 16.2. The van der Waals surface area contributed by atoms with Crippen LogP contribution < -0.4 is 4.90 Å². The van der Waals surface area contributed by atoms with E-state index in [-0.39, 0.29) is 5.82 Å². The monoisotopic (exact) mass is 314 g/mol. The van der Waals surface area contributed by atoms with Gasteiger partial charge in [0.2, 0.25) is 0 Å². The minimum Gasteiger partial charge on any atom is -0.480 e. The summed E-state index contributed by atoms with van der Waals surface area (Å²) in [7, 11) is 0. The van der Waals surface area contributed by atoms with Crippen molar-refractivity contribution in [3.63, 3.8) is 0 Å².